The van der Waals surface area contributed by atoms with E-state index in [-0.39, 0.29) is 12.1 Å². The van der Waals surface area contributed by atoms with Crippen molar-refractivity contribution in [3.63, 3.8) is 0 Å². The Kier molecular flexibility index (Phi) is 3.52. The third-order valence-electron chi connectivity index (χ3n) is 4.04. The van der Waals surface area contributed by atoms with Crippen molar-refractivity contribution in [2.24, 2.45) is 0 Å². The SMILES string of the molecule is CNC1(CO)CCC(Sc2nc3ccccc3[nH]2)C1. The lowest BCUT2D eigenvalue weighted by molar-refractivity contribution is 0.173. The number of aromatic amines is 1. The Balaban J connectivity index is 1.72. The van der Waals surface area contributed by atoms with Gasteiger partial charge in [-0.2, -0.15) is 0 Å². The highest BCUT2D eigenvalue weighted by Gasteiger charge is 2.38. The molecule has 0 bridgehead atoms. The number of H-pyrrole nitrogens is 1. The number of nitrogens with one attached hydrogen (secondary N) is 2. The van der Waals surface area contributed by atoms with Gasteiger partial charge in [0.1, 0.15) is 0 Å². The minimum absolute atomic E-state index is 0.0936. The molecule has 0 aliphatic heterocycles. The lowest BCUT2D eigenvalue weighted by Gasteiger charge is -2.26. The summed E-state index contributed by atoms with van der Waals surface area (Å²) in [5, 5.41) is 14.3. The zero-order valence-corrected chi connectivity index (χ0v) is 11.8. The number of aliphatic hydroxyl groups excluding tert-OH is 1. The van der Waals surface area contributed by atoms with Crippen molar-refractivity contribution < 1.29 is 5.11 Å². The number of nitrogens with zero attached hydrogens (tertiary/aromatic N) is 1. The van der Waals surface area contributed by atoms with Crippen LogP contribution in [0.15, 0.2) is 29.4 Å². The Morgan fingerprint density at radius 1 is 1.53 bits per heavy atom. The van der Waals surface area contributed by atoms with Crippen LogP contribution < -0.4 is 5.32 Å². The third-order valence-corrected chi connectivity index (χ3v) is 5.19. The predicted octanol–water partition coefficient (Wildman–Crippen LogP) is 2.16. The van der Waals surface area contributed by atoms with Crippen molar-refractivity contribution in [1.82, 2.24) is 15.3 Å². The van der Waals surface area contributed by atoms with Crippen LogP contribution in [0.3, 0.4) is 0 Å². The van der Waals surface area contributed by atoms with Crippen LogP contribution in [0.2, 0.25) is 0 Å². The number of aliphatic hydroxyl groups is 1. The van der Waals surface area contributed by atoms with E-state index in [0.717, 1.165) is 35.5 Å². The van der Waals surface area contributed by atoms with Crippen LogP contribution in [0, 0.1) is 0 Å². The minimum Gasteiger partial charge on any atom is -0.394 e. The maximum atomic E-state index is 9.52. The molecule has 102 valence electrons. The van der Waals surface area contributed by atoms with Crippen LogP contribution in [0.5, 0.6) is 0 Å². The Hall–Kier alpha value is -1.04. The first-order valence-corrected chi connectivity index (χ1v) is 7.54. The molecule has 1 aliphatic rings. The summed E-state index contributed by atoms with van der Waals surface area (Å²) in [5.74, 6) is 0. The van der Waals surface area contributed by atoms with Gasteiger partial charge in [-0.1, -0.05) is 23.9 Å². The van der Waals surface area contributed by atoms with Gasteiger partial charge in [0.15, 0.2) is 5.16 Å². The van der Waals surface area contributed by atoms with Crippen molar-refractivity contribution in [3.05, 3.63) is 24.3 Å². The fourth-order valence-electron chi connectivity index (χ4n) is 2.77. The first-order chi connectivity index (χ1) is 9.24. The Morgan fingerprint density at radius 3 is 3.05 bits per heavy atom. The second kappa shape index (κ2) is 5.15. The molecule has 0 amide bonds. The predicted molar refractivity (Wildman–Crippen MR) is 78.5 cm³/mol. The number of rotatable bonds is 4. The van der Waals surface area contributed by atoms with Crippen molar-refractivity contribution in [2.75, 3.05) is 13.7 Å². The quantitative estimate of drug-likeness (QED) is 0.801. The van der Waals surface area contributed by atoms with Crippen LogP contribution in [0.4, 0.5) is 0 Å². The molecule has 19 heavy (non-hydrogen) atoms. The average Bonchev–Trinajstić information content (AvgIpc) is 3.03. The van der Waals surface area contributed by atoms with Gasteiger partial charge >= 0.3 is 0 Å². The van der Waals surface area contributed by atoms with Crippen LogP contribution in [-0.2, 0) is 0 Å². The Labute approximate surface area is 117 Å². The molecule has 3 rings (SSSR count). The number of imidazole rings is 1. The third kappa shape index (κ3) is 2.50. The molecular weight excluding hydrogens is 258 g/mol. The molecule has 3 N–H and O–H groups in total. The topological polar surface area (TPSA) is 60.9 Å². The molecule has 2 unspecified atom stereocenters. The van der Waals surface area contributed by atoms with E-state index in [2.05, 4.69) is 15.3 Å². The van der Waals surface area contributed by atoms with Gasteiger partial charge in [-0.3, -0.25) is 0 Å². The van der Waals surface area contributed by atoms with E-state index in [0.29, 0.717) is 5.25 Å². The van der Waals surface area contributed by atoms with Gasteiger partial charge in [-0.25, -0.2) is 4.98 Å². The van der Waals surface area contributed by atoms with Crippen molar-refractivity contribution in [1.29, 1.82) is 0 Å². The number of hydrogen-bond donors (Lipinski definition) is 3. The number of thioether (sulfide) groups is 1. The van der Waals surface area contributed by atoms with Gasteiger partial charge in [-0.15, -0.1) is 0 Å². The molecule has 0 radical (unpaired) electrons. The molecule has 0 saturated heterocycles. The van der Waals surface area contributed by atoms with Gasteiger partial charge in [0.25, 0.3) is 0 Å². The molecule has 1 fully saturated rings. The number of hydrogen-bond acceptors (Lipinski definition) is 4. The van der Waals surface area contributed by atoms with Crippen molar-refractivity contribution in [3.8, 4) is 0 Å². The lowest BCUT2D eigenvalue weighted by atomic mass is 10.00. The van der Waals surface area contributed by atoms with Gasteiger partial charge in [0, 0.05) is 10.8 Å². The largest absolute Gasteiger partial charge is 0.394 e. The molecule has 1 saturated carbocycles. The first-order valence-electron chi connectivity index (χ1n) is 6.66. The summed E-state index contributed by atoms with van der Waals surface area (Å²) >= 11 is 1.79. The van der Waals surface area contributed by atoms with Gasteiger partial charge < -0.3 is 15.4 Å². The summed E-state index contributed by atoms with van der Waals surface area (Å²) in [6.45, 7) is 0.209. The fourth-order valence-corrected chi connectivity index (χ4v) is 4.04. The molecule has 2 aromatic rings. The van der Waals surface area contributed by atoms with E-state index in [1.807, 2.05) is 31.3 Å². The normalized spacial score (nSPS) is 27.2. The molecule has 5 heteroatoms. The molecule has 1 heterocycles. The van der Waals surface area contributed by atoms with E-state index < -0.39 is 0 Å². The molecule has 1 aromatic heterocycles. The second-order valence-corrected chi connectivity index (χ2v) is 6.52. The Bertz CT molecular complexity index is 532. The standard InChI is InChI=1S/C14H19N3OS/c1-15-14(9-18)7-6-10(8-14)19-13-16-11-4-2-3-5-12(11)17-13/h2-5,10,15,18H,6-9H2,1H3,(H,16,17). The summed E-state index contributed by atoms with van der Waals surface area (Å²) in [7, 11) is 1.93. The molecular formula is C14H19N3OS. The molecule has 2 atom stereocenters. The van der Waals surface area contributed by atoms with Crippen molar-refractivity contribution in [2.45, 2.75) is 35.2 Å². The second-order valence-electron chi connectivity index (χ2n) is 5.23. The number of fused-ring (bicyclic) bond motifs is 1. The van der Waals surface area contributed by atoms with Crippen LogP contribution >= 0.6 is 11.8 Å². The smallest absolute Gasteiger partial charge is 0.166 e. The average molecular weight is 277 g/mol. The summed E-state index contributed by atoms with van der Waals surface area (Å²) in [6, 6.07) is 8.09. The van der Waals surface area contributed by atoms with Crippen LogP contribution in [-0.4, -0.2) is 39.5 Å². The lowest BCUT2D eigenvalue weighted by Crippen LogP contribution is -2.44. The first kappa shape index (κ1) is 13.0. The van der Waals surface area contributed by atoms with Gasteiger partial charge in [0.2, 0.25) is 0 Å². The minimum atomic E-state index is -0.0936. The zero-order chi connectivity index (χ0) is 13.3. The monoisotopic (exact) mass is 277 g/mol. The summed E-state index contributed by atoms with van der Waals surface area (Å²) in [4.78, 5) is 7.95. The molecule has 0 spiro atoms. The molecule has 4 nitrogen and oxygen atoms in total. The van der Waals surface area contributed by atoms with E-state index in [4.69, 9.17) is 0 Å². The summed E-state index contributed by atoms with van der Waals surface area (Å²) in [5.41, 5.74) is 2.01. The highest BCUT2D eigenvalue weighted by atomic mass is 32.2. The van der Waals surface area contributed by atoms with Crippen molar-refractivity contribution >= 4 is 22.8 Å². The fraction of sp³-hybridized carbons (Fsp3) is 0.500. The molecule has 1 aliphatic carbocycles. The van der Waals surface area contributed by atoms with E-state index in [9.17, 15) is 5.11 Å². The maximum absolute atomic E-state index is 9.52. The number of aromatic nitrogens is 2. The summed E-state index contributed by atoms with van der Waals surface area (Å²) < 4.78 is 0. The van der Waals surface area contributed by atoms with E-state index >= 15 is 0 Å². The van der Waals surface area contributed by atoms with Gasteiger partial charge in [-0.05, 0) is 38.4 Å². The van der Waals surface area contributed by atoms with E-state index in [1.165, 1.54) is 0 Å². The van der Waals surface area contributed by atoms with E-state index in [1.54, 1.807) is 11.8 Å². The number of benzene rings is 1. The highest BCUT2D eigenvalue weighted by molar-refractivity contribution is 7.99. The van der Waals surface area contributed by atoms with Crippen LogP contribution in [0.25, 0.3) is 11.0 Å². The highest BCUT2D eigenvalue weighted by Crippen LogP contribution is 2.39. The number of para-hydroxylation sites is 2. The summed E-state index contributed by atoms with van der Waals surface area (Å²) in [6.07, 6.45) is 3.13. The van der Waals surface area contributed by atoms with Crippen LogP contribution in [0.1, 0.15) is 19.3 Å². The van der Waals surface area contributed by atoms with Gasteiger partial charge in [0.05, 0.1) is 17.6 Å². The Morgan fingerprint density at radius 2 is 2.37 bits per heavy atom. The maximum Gasteiger partial charge on any atom is 0.166 e. The zero-order valence-electron chi connectivity index (χ0n) is 11.0. The molecule has 1 aromatic carbocycles. The number of likely N-dealkylation sites (N-methyl/N-ethyl adjacent to an activating group) is 1.